The van der Waals surface area contributed by atoms with Gasteiger partial charge in [-0.3, -0.25) is 9.89 Å². The predicted octanol–water partition coefficient (Wildman–Crippen LogP) is 7.69. The van der Waals surface area contributed by atoms with Gasteiger partial charge in [-0.05, 0) is 74.4 Å². The van der Waals surface area contributed by atoms with Crippen LogP contribution in [0.25, 0.3) is 0 Å². The molecule has 3 heterocycles. The second-order valence-electron chi connectivity index (χ2n) is 11.8. The number of carbonyl (C=O) groups is 1. The number of ether oxygens (including phenoxy) is 1. The lowest BCUT2D eigenvalue weighted by Crippen LogP contribution is -2.55. The Morgan fingerprint density at radius 1 is 0.940 bits per heavy atom. The Bertz CT molecular complexity index is 2010. The zero-order chi connectivity index (χ0) is 36.0. The minimum Gasteiger partial charge on any atom is -0.493 e. The van der Waals surface area contributed by atoms with Crippen molar-refractivity contribution in [2.24, 2.45) is 4.99 Å². The van der Waals surface area contributed by atoms with E-state index in [1.54, 1.807) is 62.4 Å². The molecule has 1 fully saturated rings. The summed E-state index contributed by atoms with van der Waals surface area (Å²) in [6.07, 6.45) is -4.64. The highest BCUT2D eigenvalue weighted by molar-refractivity contribution is 7.89. The fraction of sp³-hybridized carbons (Fsp3) is 0.324. The zero-order valence-corrected chi connectivity index (χ0v) is 29.4. The van der Waals surface area contributed by atoms with Gasteiger partial charge in [-0.1, -0.05) is 52.6 Å². The molecular weight excluding hydrogens is 718 g/mol. The van der Waals surface area contributed by atoms with E-state index in [9.17, 15) is 26.4 Å². The van der Waals surface area contributed by atoms with Crippen molar-refractivity contribution < 1.29 is 35.6 Å². The average molecular weight is 751 g/mol. The molecule has 2 aliphatic rings. The van der Waals surface area contributed by atoms with Crippen LogP contribution < -0.4 is 4.74 Å². The van der Waals surface area contributed by atoms with Crippen molar-refractivity contribution in [2.45, 2.75) is 43.9 Å². The van der Waals surface area contributed by atoms with Gasteiger partial charge in [0.1, 0.15) is 28.2 Å². The van der Waals surface area contributed by atoms with E-state index in [1.165, 1.54) is 27.1 Å². The number of benzene rings is 3. The molecule has 16 heteroatoms. The van der Waals surface area contributed by atoms with Crippen molar-refractivity contribution in [2.75, 3.05) is 32.8 Å². The Morgan fingerprint density at radius 2 is 1.54 bits per heavy atom. The summed E-state index contributed by atoms with van der Waals surface area (Å²) in [6, 6.07) is 14.9. The van der Waals surface area contributed by atoms with Crippen molar-refractivity contribution in [1.82, 2.24) is 19.3 Å². The Morgan fingerprint density at radius 3 is 2.08 bits per heavy atom. The molecule has 0 bridgehead atoms. The van der Waals surface area contributed by atoms with Crippen LogP contribution in [-0.4, -0.2) is 72.3 Å². The second-order valence-corrected chi connectivity index (χ2v) is 14.5. The molecule has 0 saturated carbocycles. The lowest BCUT2D eigenvalue weighted by atomic mass is 9.93. The van der Waals surface area contributed by atoms with Gasteiger partial charge in [0.25, 0.3) is 0 Å². The van der Waals surface area contributed by atoms with E-state index in [0.717, 1.165) is 12.1 Å². The third-order valence-corrected chi connectivity index (χ3v) is 11.3. The van der Waals surface area contributed by atoms with E-state index in [-0.39, 0.29) is 66.3 Å². The molecule has 1 saturated heterocycles. The molecule has 4 aromatic rings. The summed E-state index contributed by atoms with van der Waals surface area (Å²) >= 11 is 12.5. The van der Waals surface area contributed by atoms with Crippen molar-refractivity contribution in [3.8, 4) is 5.75 Å². The zero-order valence-electron chi connectivity index (χ0n) is 27.1. The van der Waals surface area contributed by atoms with Crippen LogP contribution in [0.5, 0.6) is 5.75 Å². The van der Waals surface area contributed by atoms with Gasteiger partial charge in [-0.2, -0.15) is 17.5 Å². The van der Waals surface area contributed by atoms with Crippen molar-refractivity contribution >= 4 is 45.1 Å². The number of hydrogen-bond donors (Lipinski definition) is 0. The van der Waals surface area contributed by atoms with E-state index < -0.39 is 39.9 Å². The fourth-order valence-electron chi connectivity index (χ4n) is 6.26. The fourth-order valence-corrected chi connectivity index (χ4v) is 8.22. The minimum absolute atomic E-state index is 0.00870. The van der Waals surface area contributed by atoms with Crippen LogP contribution in [0.1, 0.15) is 52.7 Å². The Balaban J connectivity index is 1.43. The molecule has 0 spiro atoms. The van der Waals surface area contributed by atoms with Gasteiger partial charge in [0.2, 0.25) is 10.0 Å². The SMILES string of the molecule is CCOc1cc(C(F)(F)F)ccc1C1=NC(c2ccc(Cl)cc2)C(c2ccc(Cl)cc2)N1C(=O)N1CCN(S(=O)(=O)c2c(C)noc2C)CC1. The molecule has 2 amide bonds. The highest BCUT2D eigenvalue weighted by Gasteiger charge is 2.46. The summed E-state index contributed by atoms with van der Waals surface area (Å²) in [5.41, 5.74) is 0.858. The number of alkyl halides is 3. The van der Waals surface area contributed by atoms with E-state index in [4.69, 9.17) is 37.5 Å². The Labute approximate surface area is 297 Å². The summed E-state index contributed by atoms with van der Waals surface area (Å²) in [6.45, 7) is 4.77. The number of aliphatic imine (C=N–C) groups is 1. The number of amidine groups is 1. The number of carbonyl (C=O) groups excluding carboxylic acids is 1. The number of aryl methyl sites for hydroxylation is 2. The van der Waals surface area contributed by atoms with E-state index in [2.05, 4.69) is 5.16 Å². The lowest BCUT2D eigenvalue weighted by Gasteiger charge is -2.38. The molecular formula is C34H32Cl2F3N5O5S. The summed E-state index contributed by atoms with van der Waals surface area (Å²) in [7, 11) is -3.97. The largest absolute Gasteiger partial charge is 0.493 e. The first-order valence-corrected chi connectivity index (χ1v) is 17.8. The van der Waals surface area contributed by atoms with Crippen LogP contribution in [0, 0.1) is 13.8 Å². The maximum Gasteiger partial charge on any atom is 0.416 e. The number of urea groups is 1. The van der Waals surface area contributed by atoms with Crippen molar-refractivity contribution in [3.63, 3.8) is 0 Å². The van der Waals surface area contributed by atoms with Gasteiger partial charge in [0.05, 0.1) is 23.8 Å². The highest BCUT2D eigenvalue weighted by Crippen LogP contribution is 2.46. The quantitative estimate of drug-likeness (QED) is 0.192. The van der Waals surface area contributed by atoms with Crippen LogP contribution >= 0.6 is 23.2 Å². The summed E-state index contributed by atoms with van der Waals surface area (Å²) in [5.74, 6) is 0.165. The standard InChI is InChI=1S/C34H32Cl2F3N5O5S/c1-4-48-28-19-24(34(37,38)39)9-14-27(28)32-40-29(22-5-10-25(35)11-6-22)30(23-7-12-26(36)13-8-23)44(32)33(45)42-15-17-43(18-16-42)50(46,47)31-20(2)41-49-21(31)3/h5-14,19,29-30H,4,15-18H2,1-3H3. The molecule has 2 atom stereocenters. The molecule has 264 valence electrons. The topological polar surface area (TPSA) is 109 Å². The number of sulfonamides is 1. The molecule has 0 radical (unpaired) electrons. The number of nitrogens with zero attached hydrogens (tertiary/aromatic N) is 5. The van der Waals surface area contributed by atoms with Gasteiger partial charge in [0, 0.05) is 36.2 Å². The van der Waals surface area contributed by atoms with Gasteiger partial charge < -0.3 is 14.2 Å². The number of rotatable bonds is 7. The molecule has 0 N–H and O–H groups in total. The first-order chi connectivity index (χ1) is 23.7. The van der Waals surface area contributed by atoms with Crippen molar-refractivity contribution in [3.05, 3.63) is 110 Å². The summed E-state index contributed by atoms with van der Waals surface area (Å²) < 4.78 is 80.6. The Kier molecular flexibility index (Phi) is 9.92. The normalized spacial score (nSPS) is 18.8. The van der Waals surface area contributed by atoms with Gasteiger partial charge >= 0.3 is 12.2 Å². The van der Waals surface area contributed by atoms with Gasteiger partial charge in [-0.15, -0.1) is 0 Å². The van der Waals surface area contributed by atoms with E-state index in [1.807, 2.05) is 0 Å². The van der Waals surface area contributed by atoms with Gasteiger partial charge in [-0.25, -0.2) is 13.2 Å². The number of hydrogen-bond acceptors (Lipinski definition) is 7. The maximum atomic E-state index is 14.8. The van der Waals surface area contributed by atoms with Crippen LogP contribution in [-0.2, 0) is 16.2 Å². The van der Waals surface area contributed by atoms with Crippen LogP contribution in [0.2, 0.25) is 10.0 Å². The van der Waals surface area contributed by atoms with Crippen molar-refractivity contribution in [1.29, 1.82) is 0 Å². The summed E-state index contributed by atoms with van der Waals surface area (Å²) in [4.78, 5) is 22.7. The van der Waals surface area contributed by atoms with Crippen LogP contribution in [0.3, 0.4) is 0 Å². The van der Waals surface area contributed by atoms with Crippen LogP contribution in [0.15, 0.2) is 81.1 Å². The summed E-state index contributed by atoms with van der Waals surface area (Å²) in [5, 5.41) is 4.72. The third kappa shape index (κ3) is 6.81. The monoisotopic (exact) mass is 749 g/mol. The number of aromatic nitrogens is 1. The average Bonchev–Trinajstić information content (AvgIpc) is 3.64. The molecule has 50 heavy (non-hydrogen) atoms. The van der Waals surface area contributed by atoms with E-state index >= 15 is 0 Å². The van der Waals surface area contributed by atoms with Gasteiger partial charge in [0.15, 0.2) is 5.76 Å². The number of piperazine rings is 1. The third-order valence-electron chi connectivity index (χ3n) is 8.62. The Hall–Kier alpha value is -4.11. The number of halogens is 5. The van der Waals surface area contributed by atoms with E-state index in [0.29, 0.717) is 21.2 Å². The molecule has 2 unspecified atom stereocenters. The first kappa shape index (κ1) is 35.7. The molecule has 2 aliphatic heterocycles. The first-order valence-electron chi connectivity index (χ1n) is 15.6. The smallest absolute Gasteiger partial charge is 0.416 e. The van der Waals surface area contributed by atoms with Crippen LogP contribution in [0.4, 0.5) is 18.0 Å². The lowest BCUT2D eigenvalue weighted by molar-refractivity contribution is -0.137. The second kappa shape index (κ2) is 13.9. The highest BCUT2D eigenvalue weighted by atomic mass is 35.5. The minimum atomic E-state index is -4.64. The molecule has 1 aromatic heterocycles. The maximum absolute atomic E-state index is 14.8. The molecule has 6 rings (SSSR count). The number of amides is 2. The molecule has 10 nitrogen and oxygen atoms in total. The molecule has 3 aromatic carbocycles. The predicted molar refractivity (Wildman–Crippen MR) is 181 cm³/mol. The molecule has 0 aliphatic carbocycles.